The van der Waals surface area contributed by atoms with Gasteiger partial charge in [-0.15, -0.1) is 5.10 Å². The van der Waals surface area contributed by atoms with Crippen LogP contribution in [0.15, 0.2) is 6.07 Å². The molecule has 3 atom stereocenters. The zero-order valence-electron chi connectivity index (χ0n) is 24.0. The van der Waals surface area contributed by atoms with Gasteiger partial charge < -0.3 is 14.6 Å². The first-order valence-corrected chi connectivity index (χ1v) is 13.4. The number of aryl methyl sites for hydroxylation is 3. The first kappa shape index (κ1) is 26.9. The molecular weight excluding hydrogens is 496 g/mol. The van der Waals surface area contributed by atoms with Gasteiger partial charge in [0.2, 0.25) is 11.8 Å². The third kappa shape index (κ3) is 4.70. The van der Waals surface area contributed by atoms with Gasteiger partial charge in [-0.25, -0.2) is 4.68 Å². The van der Waals surface area contributed by atoms with Crippen LogP contribution in [0.4, 0.5) is 0 Å². The van der Waals surface area contributed by atoms with Crippen molar-refractivity contribution in [3.05, 3.63) is 34.4 Å². The molecule has 2 bridgehead atoms. The van der Waals surface area contributed by atoms with Gasteiger partial charge in [0.1, 0.15) is 11.6 Å². The summed E-state index contributed by atoms with van der Waals surface area (Å²) < 4.78 is 16.2. The molecule has 4 aromatic heterocycles. The Kier molecular flexibility index (Phi) is 7.21. The monoisotopic (exact) mass is 534 g/mol. The number of pyridine rings is 1. The lowest BCUT2D eigenvalue weighted by Gasteiger charge is -2.31. The van der Waals surface area contributed by atoms with Gasteiger partial charge >= 0.3 is 0 Å². The molecule has 11 nitrogen and oxygen atoms in total. The van der Waals surface area contributed by atoms with Crippen LogP contribution in [0.25, 0.3) is 34.3 Å². The second kappa shape index (κ2) is 10.5. The van der Waals surface area contributed by atoms with Crippen LogP contribution < -0.4 is 9.47 Å². The Balaban J connectivity index is 1.77. The third-order valence-corrected chi connectivity index (χ3v) is 7.64. The van der Waals surface area contributed by atoms with Crippen molar-refractivity contribution < 1.29 is 14.6 Å². The molecule has 0 spiro atoms. The Bertz CT molecular complexity index is 1530. The molecule has 11 heteroatoms. The number of fused-ring (bicyclic) bond motifs is 4. The van der Waals surface area contributed by atoms with E-state index >= 15 is 0 Å². The number of nitrogens with zero attached hydrogens (tertiary/aromatic N) is 7. The standard InChI is InChI=1S/C28H38N8O3/c1-9-38-27-20-10-11-22-21-12-23(29-17(4)26(21)31-30-22)25-16(3)32-35(8)28(25)39-19(6)18(5)34(7)13-24(20)36(33-27)15(2)14-37/h10-12,15,18-19,37H,9,13-14H2,1-8H3,(H,30,31)/b11-10+/t15-,18+,19+/m0/s1. The van der Waals surface area contributed by atoms with Crippen LogP contribution >= 0.6 is 0 Å². The molecule has 0 unspecified atom stereocenters. The minimum Gasteiger partial charge on any atom is -0.476 e. The quantitative estimate of drug-likeness (QED) is 0.405. The molecule has 0 saturated carbocycles. The Morgan fingerprint density at radius 1 is 1.18 bits per heavy atom. The van der Waals surface area contributed by atoms with Crippen molar-refractivity contribution >= 4 is 23.1 Å². The Morgan fingerprint density at radius 2 is 1.95 bits per heavy atom. The average molecular weight is 535 g/mol. The van der Waals surface area contributed by atoms with Gasteiger partial charge in [-0.3, -0.25) is 19.7 Å². The van der Waals surface area contributed by atoms with E-state index in [0.717, 1.165) is 50.5 Å². The summed E-state index contributed by atoms with van der Waals surface area (Å²) in [5, 5.41) is 28.2. The Hall–Kier alpha value is -3.70. The molecule has 0 amide bonds. The van der Waals surface area contributed by atoms with Crippen LogP contribution in [0.5, 0.6) is 11.8 Å². The summed E-state index contributed by atoms with van der Waals surface area (Å²) in [6.07, 6.45) is 3.86. The maximum atomic E-state index is 10.0. The summed E-state index contributed by atoms with van der Waals surface area (Å²) in [6, 6.07) is 1.86. The molecule has 2 N–H and O–H groups in total. The molecule has 208 valence electrons. The lowest BCUT2D eigenvalue weighted by molar-refractivity contribution is 0.0914. The fourth-order valence-electron chi connectivity index (χ4n) is 5.16. The fraction of sp³-hybridized carbons (Fsp3) is 0.500. The highest BCUT2D eigenvalue weighted by molar-refractivity contribution is 5.93. The number of H-pyrrole nitrogens is 1. The number of aliphatic hydroxyl groups is 1. The Morgan fingerprint density at radius 3 is 2.67 bits per heavy atom. The first-order valence-electron chi connectivity index (χ1n) is 13.4. The topological polar surface area (TPSA) is 119 Å². The first-order chi connectivity index (χ1) is 18.6. The lowest BCUT2D eigenvalue weighted by Crippen LogP contribution is -2.41. The van der Waals surface area contributed by atoms with E-state index in [1.54, 1.807) is 4.68 Å². The molecule has 0 radical (unpaired) electrons. The molecule has 5 heterocycles. The summed E-state index contributed by atoms with van der Waals surface area (Å²) in [4.78, 5) is 7.13. The zero-order chi connectivity index (χ0) is 28.0. The maximum Gasteiger partial charge on any atom is 0.240 e. The van der Waals surface area contributed by atoms with E-state index in [9.17, 15) is 5.11 Å². The zero-order valence-corrected chi connectivity index (χ0v) is 24.0. The van der Waals surface area contributed by atoms with Gasteiger partial charge in [0.25, 0.3) is 0 Å². The maximum absolute atomic E-state index is 10.0. The van der Waals surface area contributed by atoms with Gasteiger partial charge in [0, 0.05) is 25.0 Å². The number of hydrogen-bond acceptors (Lipinski definition) is 8. The summed E-state index contributed by atoms with van der Waals surface area (Å²) in [5.74, 6) is 1.22. The van der Waals surface area contributed by atoms with Crippen molar-refractivity contribution in [2.75, 3.05) is 20.3 Å². The highest BCUT2D eigenvalue weighted by Crippen LogP contribution is 2.36. The molecule has 0 aliphatic carbocycles. The minimum atomic E-state index is -0.218. The van der Waals surface area contributed by atoms with E-state index in [-0.39, 0.29) is 24.8 Å². The lowest BCUT2D eigenvalue weighted by atomic mass is 10.1. The highest BCUT2D eigenvalue weighted by atomic mass is 16.5. The molecule has 0 aromatic carbocycles. The van der Waals surface area contributed by atoms with Crippen molar-refractivity contribution in [1.29, 1.82) is 0 Å². The molecule has 0 fully saturated rings. The summed E-state index contributed by atoms with van der Waals surface area (Å²) in [6.45, 7) is 13.1. The SMILES string of the molecule is CCOc1nn([C@@H](C)CO)c2c1/C=C/c1[nH]nc3c(C)nc(cc13)-c1c(C)nn(C)c1O[C@H](C)[C@@H](C)N(C)C2. The van der Waals surface area contributed by atoms with Gasteiger partial charge in [-0.05, 0) is 66.8 Å². The van der Waals surface area contributed by atoms with Gasteiger partial charge in [0.05, 0.1) is 58.9 Å². The molecule has 5 rings (SSSR count). The summed E-state index contributed by atoms with van der Waals surface area (Å²) in [5.41, 5.74) is 6.82. The number of hydrogen-bond donors (Lipinski definition) is 2. The van der Waals surface area contributed by atoms with Crippen LogP contribution in [-0.4, -0.2) is 77.2 Å². The van der Waals surface area contributed by atoms with Gasteiger partial charge in [-0.2, -0.15) is 10.2 Å². The highest BCUT2D eigenvalue weighted by Gasteiger charge is 2.28. The second-order valence-electron chi connectivity index (χ2n) is 10.4. The number of likely N-dealkylation sites (N-methyl/N-ethyl adjacent to an activating group) is 1. The summed E-state index contributed by atoms with van der Waals surface area (Å²) in [7, 11) is 3.97. The van der Waals surface area contributed by atoms with Crippen LogP contribution in [0.2, 0.25) is 0 Å². The van der Waals surface area contributed by atoms with Crippen molar-refractivity contribution in [3.63, 3.8) is 0 Å². The van der Waals surface area contributed by atoms with E-state index in [2.05, 4.69) is 41.1 Å². The number of aromatic nitrogens is 7. The smallest absolute Gasteiger partial charge is 0.240 e. The van der Waals surface area contributed by atoms with Gasteiger partial charge in [-0.1, -0.05) is 0 Å². The van der Waals surface area contributed by atoms with Crippen molar-refractivity contribution in [2.24, 2.45) is 7.05 Å². The molecule has 4 aromatic rings. The van der Waals surface area contributed by atoms with E-state index < -0.39 is 0 Å². The normalized spacial score (nSPS) is 19.7. The van der Waals surface area contributed by atoms with E-state index in [1.165, 1.54) is 0 Å². The number of rotatable bonds is 4. The van der Waals surface area contributed by atoms with Gasteiger partial charge in [0.15, 0.2) is 0 Å². The van der Waals surface area contributed by atoms with Crippen molar-refractivity contribution in [3.8, 4) is 23.0 Å². The number of aromatic amines is 1. The molecule has 1 aliphatic heterocycles. The van der Waals surface area contributed by atoms with Crippen molar-refractivity contribution in [1.82, 2.24) is 39.6 Å². The van der Waals surface area contributed by atoms with E-state index in [0.29, 0.717) is 24.9 Å². The third-order valence-electron chi connectivity index (χ3n) is 7.64. The summed E-state index contributed by atoms with van der Waals surface area (Å²) >= 11 is 0. The van der Waals surface area contributed by atoms with E-state index in [4.69, 9.17) is 19.6 Å². The number of ether oxygens (including phenoxy) is 2. The molecule has 1 aliphatic rings. The largest absolute Gasteiger partial charge is 0.476 e. The average Bonchev–Trinajstić information content (AvgIpc) is 3.55. The van der Waals surface area contributed by atoms with Crippen molar-refractivity contribution in [2.45, 2.75) is 66.3 Å². The van der Waals surface area contributed by atoms with E-state index in [1.807, 2.05) is 57.6 Å². The van der Waals surface area contributed by atoms with Crippen LogP contribution in [-0.2, 0) is 13.6 Å². The minimum absolute atomic E-state index is 0.0347. The predicted molar refractivity (Wildman–Crippen MR) is 151 cm³/mol. The predicted octanol–water partition coefficient (Wildman–Crippen LogP) is 3.90. The second-order valence-corrected chi connectivity index (χ2v) is 10.4. The fourth-order valence-corrected chi connectivity index (χ4v) is 5.16. The molecular formula is C28H38N8O3. The van der Waals surface area contributed by atoms with Crippen LogP contribution in [0.3, 0.4) is 0 Å². The van der Waals surface area contributed by atoms with Crippen LogP contribution in [0.1, 0.15) is 62.1 Å². The number of aliphatic hydroxyl groups excluding tert-OH is 1. The Labute approximate surface area is 228 Å². The molecule has 39 heavy (non-hydrogen) atoms. The number of nitrogens with one attached hydrogen (secondary N) is 1. The van der Waals surface area contributed by atoms with Crippen LogP contribution in [0, 0.1) is 13.8 Å². The molecule has 0 saturated heterocycles.